The lowest BCUT2D eigenvalue weighted by Crippen LogP contribution is -2.60. The van der Waals surface area contributed by atoms with Crippen molar-refractivity contribution in [1.82, 2.24) is 14.7 Å². The van der Waals surface area contributed by atoms with Gasteiger partial charge in [0.1, 0.15) is 0 Å². The highest BCUT2D eigenvalue weighted by Gasteiger charge is 2.45. The van der Waals surface area contributed by atoms with Gasteiger partial charge >= 0.3 is 0 Å². The Morgan fingerprint density at radius 1 is 1.26 bits per heavy atom. The van der Waals surface area contributed by atoms with Gasteiger partial charge in [0.05, 0.1) is 0 Å². The molecule has 0 bridgehead atoms. The number of likely N-dealkylation sites (tertiary alicyclic amines) is 2. The fourth-order valence-electron chi connectivity index (χ4n) is 4.02. The Labute approximate surface area is 118 Å². The second-order valence-electron chi connectivity index (χ2n) is 7.13. The third kappa shape index (κ3) is 2.82. The van der Waals surface area contributed by atoms with E-state index in [1.807, 2.05) is 0 Å². The second-order valence-corrected chi connectivity index (χ2v) is 7.13. The van der Waals surface area contributed by atoms with Gasteiger partial charge in [-0.3, -0.25) is 4.90 Å². The van der Waals surface area contributed by atoms with Crippen molar-refractivity contribution < 1.29 is 0 Å². The van der Waals surface area contributed by atoms with Crippen molar-refractivity contribution in [3.8, 4) is 0 Å². The summed E-state index contributed by atoms with van der Waals surface area (Å²) >= 11 is 0. The van der Waals surface area contributed by atoms with Gasteiger partial charge in [0.2, 0.25) is 0 Å². The van der Waals surface area contributed by atoms with E-state index in [2.05, 4.69) is 49.7 Å². The summed E-state index contributed by atoms with van der Waals surface area (Å²) in [5.41, 5.74) is 6.46. The molecular weight excluding hydrogens is 236 g/mol. The normalized spacial score (nSPS) is 42.2. The SMILES string of the molecule is CC1CN(C2(CN)CCN(C)C(C)C2)CC1N(C)C. The summed E-state index contributed by atoms with van der Waals surface area (Å²) in [7, 11) is 6.65. The van der Waals surface area contributed by atoms with Crippen LogP contribution in [-0.4, -0.2) is 79.6 Å². The highest BCUT2D eigenvalue weighted by Crippen LogP contribution is 2.35. The van der Waals surface area contributed by atoms with Crippen molar-refractivity contribution in [2.75, 3.05) is 47.3 Å². The van der Waals surface area contributed by atoms with Gasteiger partial charge in [0, 0.05) is 37.3 Å². The maximum absolute atomic E-state index is 6.22. The molecule has 0 amide bonds. The van der Waals surface area contributed by atoms with Crippen LogP contribution in [-0.2, 0) is 0 Å². The van der Waals surface area contributed by atoms with E-state index in [4.69, 9.17) is 5.73 Å². The number of hydrogen-bond acceptors (Lipinski definition) is 4. The molecule has 4 heteroatoms. The van der Waals surface area contributed by atoms with Gasteiger partial charge in [-0.05, 0) is 53.4 Å². The Hall–Kier alpha value is -0.160. The van der Waals surface area contributed by atoms with Crippen LogP contribution in [0.4, 0.5) is 0 Å². The molecule has 2 heterocycles. The number of nitrogens with zero attached hydrogens (tertiary/aromatic N) is 3. The van der Waals surface area contributed by atoms with Crippen LogP contribution in [0.15, 0.2) is 0 Å². The summed E-state index contributed by atoms with van der Waals surface area (Å²) in [6.45, 7) is 9.09. The highest BCUT2D eigenvalue weighted by atomic mass is 15.3. The molecule has 2 N–H and O–H groups in total. The number of nitrogens with two attached hydrogens (primary N) is 1. The number of hydrogen-bond donors (Lipinski definition) is 1. The van der Waals surface area contributed by atoms with Crippen LogP contribution >= 0.6 is 0 Å². The van der Waals surface area contributed by atoms with E-state index in [-0.39, 0.29) is 5.54 Å². The summed E-state index contributed by atoms with van der Waals surface area (Å²) in [6, 6.07) is 1.32. The van der Waals surface area contributed by atoms with Crippen molar-refractivity contribution >= 4 is 0 Å². The molecule has 4 atom stereocenters. The van der Waals surface area contributed by atoms with Crippen molar-refractivity contribution in [3.05, 3.63) is 0 Å². The molecule has 0 aromatic heterocycles. The average molecular weight is 268 g/mol. The molecule has 0 aromatic rings. The molecule has 0 aliphatic carbocycles. The summed E-state index contributed by atoms with van der Waals surface area (Å²) in [4.78, 5) is 7.55. The molecule has 19 heavy (non-hydrogen) atoms. The lowest BCUT2D eigenvalue weighted by molar-refractivity contribution is 0.0210. The fraction of sp³-hybridized carbons (Fsp3) is 1.00. The molecule has 0 radical (unpaired) electrons. The molecule has 4 nitrogen and oxygen atoms in total. The standard InChI is InChI=1S/C15H32N4/c1-12-9-19(10-14(12)17(3)4)15(11-16)6-7-18(5)13(2)8-15/h12-14H,6-11,16H2,1-5H3. The van der Waals surface area contributed by atoms with Gasteiger partial charge < -0.3 is 15.5 Å². The maximum Gasteiger partial charge on any atom is 0.0359 e. The molecule has 0 spiro atoms. The lowest BCUT2D eigenvalue weighted by Gasteiger charge is -2.49. The largest absolute Gasteiger partial charge is 0.329 e. The van der Waals surface area contributed by atoms with E-state index in [0.29, 0.717) is 12.1 Å². The lowest BCUT2D eigenvalue weighted by atomic mass is 9.82. The fourth-order valence-corrected chi connectivity index (χ4v) is 4.02. The minimum atomic E-state index is 0.241. The summed E-state index contributed by atoms with van der Waals surface area (Å²) in [6.07, 6.45) is 2.43. The van der Waals surface area contributed by atoms with Crippen LogP contribution in [0.2, 0.25) is 0 Å². The first-order valence-electron chi connectivity index (χ1n) is 7.71. The Bertz CT molecular complexity index is 307. The zero-order valence-electron chi connectivity index (χ0n) is 13.4. The molecule has 2 saturated heterocycles. The first-order valence-corrected chi connectivity index (χ1v) is 7.71. The second kappa shape index (κ2) is 5.68. The van der Waals surface area contributed by atoms with Gasteiger partial charge in [-0.25, -0.2) is 0 Å². The molecule has 2 rings (SSSR count). The molecule has 2 fully saturated rings. The van der Waals surface area contributed by atoms with Crippen molar-refractivity contribution in [2.45, 2.75) is 44.3 Å². The van der Waals surface area contributed by atoms with Crippen LogP contribution < -0.4 is 5.73 Å². The topological polar surface area (TPSA) is 35.7 Å². The molecule has 4 unspecified atom stereocenters. The number of piperidine rings is 1. The van der Waals surface area contributed by atoms with Crippen LogP contribution in [0, 0.1) is 5.92 Å². The van der Waals surface area contributed by atoms with E-state index in [1.165, 1.54) is 32.5 Å². The predicted molar refractivity (Wildman–Crippen MR) is 81.3 cm³/mol. The van der Waals surface area contributed by atoms with E-state index < -0.39 is 0 Å². The van der Waals surface area contributed by atoms with Gasteiger partial charge in [0.15, 0.2) is 0 Å². The molecule has 2 aliphatic rings. The first-order chi connectivity index (χ1) is 8.89. The molecule has 0 aromatic carbocycles. The first kappa shape index (κ1) is 15.2. The Morgan fingerprint density at radius 2 is 1.95 bits per heavy atom. The van der Waals surface area contributed by atoms with Crippen LogP contribution in [0.1, 0.15) is 26.7 Å². The van der Waals surface area contributed by atoms with Crippen LogP contribution in [0.25, 0.3) is 0 Å². The third-order valence-electron chi connectivity index (χ3n) is 5.64. The summed E-state index contributed by atoms with van der Waals surface area (Å²) in [5, 5.41) is 0. The predicted octanol–water partition coefficient (Wildman–Crippen LogP) is 0.680. The van der Waals surface area contributed by atoms with Gasteiger partial charge in [0.25, 0.3) is 0 Å². The van der Waals surface area contributed by atoms with E-state index in [1.54, 1.807) is 0 Å². The molecule has 0 saturated carbocycles. The van der Waals surface area contributed by atoms with E-state index in [9.17, 15) is 0 Å². The Morgan fingerprint density at radius 3 is 2.42 bits per heavy atom. The minimum absolute atomic E-state index is 0.241. The molecular formula is C15H32N4. The monoisotopic (exact) mass is 268 g/mol. The highest BCUT2D eigenvalue weighted by molar-refractivity contribution is 5.03. The smallest absolute Gasteiger partial charge is 0.0359 e. The molecule has 2 aliphatic heterocycles. The summed E-state index contributed by atoms with van der Waals surface area (Å²) in [5.74, 6) is 0.744. The quantitative estimate of drug-likeness (QED) is 0.816. The average Bonchev–Trinajstić information content (AvgIpc) is 2.76. The Balaban J connectivity index is 2.10. The zero-order chi connectivity index (χ0) is 14.2. The van der Waals surface area contributed by atoms with E-state index >= 15 is 0 Å². The Kier molecular flexibility index (Phi) is 4.56. The van der Waals surface area contributed by atoms with Crippen LogP contribution in [0.3, 0.4) is 0 Å². The van der Waals surface area contributed by atoms with Crippen molar-refractivity contribution in [3.63, 3.8) is 0 Å². The van der Waals surface area contributed by atoms with E-state index in [0.717, 1.165) is 12.5 Å². The van der Waals surface area contributed by atoms with Gasteiger partial charge in [-0.15, -0.1) is 0 Å². The minimum Gasteiger partial charge on any atom is -0.329 e. The van der Waals surface area contributed by atoms with Crippen LogP contribution in [0.5, 0.6) is 0 Å². The summed E-state index contributed by atoms with van der Waals surface area (Å²) < 4.78 is 0. The zero-order valence-corrected chi connectivity index (χ0v) is 13.4. The number of likely N-dealkylation sites (N-methyl/N-ethyl adjacent to an activating group) is 1. The maximum atomic E-state index is 6.22. The third-order valence-corrected chi connectivity index (χ3v) is 5.64. The van der Waals surface area contributed by atoms with Gasteiger partial charge in [-0.2, -0.15) is 0 Å². The van der Waals surface area contributed by atoms with Gasteiger partial charge in [-0.1, -0.05) is 6.92 Å². The number of rotatable bonds is 3. The van der Waals surface area contributed by atoms with Crippen molar-refractivity contribution in [2.24, 2.45) is 11.7 Å². The molecule has 112 valence electrons. The van der Waals surface area contributed by atoms with Crippen molar-refractivity contribution in [1.29, 1.82) is 0 Å².